The molecule has 17 heavy (non-hydrogen) atoms. The summed E-state index contributed by atoms with van der Waals surface area (Å²) in [7, 11) is 0. The molecule has 0 bridgehead atoms. The first-order valence-electron chi connectivity index (χ1n) is 6.09. The largest absolute Gasteiger partial charge is 0.330 e. The highest BCUT2D eigenvalue weighted by molar-refractivity contribution is 5.28. The van der Waals surface area contributed by atoms with Crippen molar-refractivity contribution < 1.29 is 0 Å². The maximum atomic E-state index is 5.83. The van der Waals surface area contributed by atoms with E-state index in [0.717, 1.165) is 13.1 Å². The van der Waals surface area contributed by atoms with E-state index in [0.29, 0.717) is 0 Å². The third kappa shape index (κ3) is 1.98. The van der Waals surface area contributed by atoms with E-state index in [-0.39, 0.29) is 5.41 Å². The Balaban J connectivity index is 1.77. The molecular formula is C14H17N3. The van der Waals surface area contributed by atoms with Gasteiger partial charge < -0.3 is 5.73 Å². The van der Waals surface area contributed by atoms with Gasteiger partial charge in [-0.25, -0.2) is 0 Å². The number of rotatable bonds is 4. The van der Waals surface area contributed by atoms with Gasteiger partial charge in [-0.05, 0) is 24.0 Å². The second-order valence-corrected chi connectivity index (χ2v) is 4.90. The molecule has 0 aliphatic heterocycles. The Morgan fingerprint density at radius 3 is 2.65 bits per heavy atom. The molecule has 0 spiro atoms. The minimum Gasteiger partial charge on any atom is -0.330 e. The standard InChI is InChI=1S/C14H17N3/c15-11-14(6-7-14)13-8-16-17(10-13)9-12-4-2-1-3-5-12/h1-5,8,10H,6-7,9,11,15H2. The van der Waals surface area contributed by atoms with Crippen LogP contribution >= 0.6 is 0 Å². The van der Waals surface area contributed by atoms with Crippen LogP contribution in [0.1, 0.15) is 24.0 Å². The SMILES string of the molecule is NCC1(c2cnn(Cc3ccccc3)c2)CC1. The van der Waals surface area contributed by atoms with Crippen molar-refractivity contribution in [2.45, 2.75) is 24.8 Å². The maximum Gasteiger partial charge on any atom is 0.0659 e. The van der Waals surface area contributed by atoms with Gasteiger partial charge in [-0.1, -0.05) is 30.3 Å². The lowest BCUT2D eigenvalue weighted by atomic mass is 10.0. The van der Waals surface area contributed by atoms with Gasteiger partial charge in [0.15, 0.2) is 0 Å². The smallest absolute Gasteiger partial charge is 0.0659 e. The molecule has 1 aromatic carbocycles. The van der Waals surface area contributed by atoms with Gasteiger partial charge in [-0.3, -0.25) is 4.68 Å². The normalized spacial score (nSPS) is 17.0. The van der Waals surface area contributed by atoms with Crippen molar-refractivity contribution in [3.05, 3.63) is 53.9 Å². The highest BCUT2D eigenvalue weighted by Gasteiger charge is 2.43. The Morgan fingerprint density at radius 1 is 1.24 bits per heavy atom. The Bertz CT molecular complexity index is 497. The minimum absolute atomic E-state index is 0.245. The van der Waals surface area contributed by atoms with Gasteiger partial charge in [0, 0.05) is 18.2 Å². The average Bonchev–Trinajstić information content (AvgIpc) is 3.05. The van der Waals surface area contributed by atoms with E-state index in [1.54, 1.807) is 0 Å². The molecule has 3 heteroatoms. The Hall–Kier alpha value is -1.61. The molecule has 1 saturated carbocycles. The van der Waals surface area contributed by atoms with E-state index in [4.69, 9.17) is 5.73 Å². The number of hydrogen-bond acceptors (Lipinski definition) is 2. The zero-order valence-corrected chi connectivity index (χ0v) is 9.84. The molecule has 0 atom stereocenters. The fourth-order valence-corrected chi connectivity index (χ4v) is 2.26. The first-order valence-corrected chi connectivity index (χ1v) is 6.09. The Kier molecular flexibility index (Phi) is 2.48. The molecule has 2 N–H and O–H groups in total. The molecule has 1 aliphatic carbocycles. The number of hydrogen-bond donors (Lipinski definition) is 1. The molecule has 2 aromatic rings. The summed E-state index contributed by atoms with van der Waals surface area (Å²) in [4.78, 5) is 0. The van der Waals surface area contributed by atoms with Crippen molar-refractivity contribution >= 4 is 0 Å². The zero-order chi connectivity index (χ0) is 11.7. The average molecular weight is 227 g/mol. The lowest BCUT2D eigenvalue weighted by Gasteiger charge is -2.08. The van der Waals surface area contributed by atoms with Crippen LogP contribution in [0.25, 0.3) is 0 Å². The van der Waals surface area contributed by atoms with Crippen LogP contribution in [0.15, 0.2) is 42.7 Å². The first-order chi connectivity index (χ1) is 8.32. The third-order valence-corrected chi connectivity index (χ3v) is 3.68. The van der Waals surface area contributed by atoms with Crippen LogP contribution in [0.3, 0.4) is 0 Å². The van der Waals surface area contributed by atoms with Gasteiger partial charge in [0.25, 0.3) is 0 Å². The van der Waals surface area contributed by atoms with E-state index < -0.39 is 0 Å². The summed E-state index contributed by atoms with van der Waals surface area (Å²) in [6, 6.07) is 10.4. The molecule has 1 fully saturated rings. The number of benzene rings is 1. The molecule has 3 rings (SSSR count). The minimum atomic E-state index is 0.245. The van der Waals surface area contributed by atoms with Crippen LogP contribution < -0.4 is 5.73 Å². The van der Waals surface area contributed by atoms with Crippen LogP contribution in [0, 0.1) is 0 Å². The van der Waals surface area contributed by atoms with Gasteiger partial charge in [-0.2, -0.15) is 5.10 Å². The summed E-state index contributed by atoms with van der Waals surface area (Å²) < 4.78 is 2.00. The summed E-state index contributed by atoms with van der Waals surface area (Å²) >= 11 is 0. The molecule has 0 amide bonds. The summed E-state index contributed by atoms with van der Waals surface area (Å²) in [6.07, 6.45) is 6.54. The highest BCUT2D eigenvalue weighted by Crippen LogP contribution is 2.46. The Labute approximate surface area is 101 Å². The topological polar surface area (TPSA) is 43.8 Å². The summed E-state index contributed by atoms with van der Waals surface area (Å²) in [6.45, 7) is 1.57. The predicted molar refractivity (Wildman–Crippen MR) is 67.7 cm³/mol. The van der Waals surface area contributed by atoms with Crippen molar-refractivity contribution in [2.24, 2.45) is 5.73 Å². The first kappa shape index (κ1) is 10.5. The zero-order valence-electron chi connectivity index (χ0n) is 9.84. The van der Waals surface area contributed by atoms with Gasteiger partial charge >= 0.3 is 0 Å². The molecule has 1 heterocycles. The summed E-state index contributed by atoms with van der Waals surface area (Å²) in [5, 5.41) is 4.43. The predicted octanol–water partition coefficient (Wildman–Crippen LogP) is 1.92. The summed E-state index contributed by atoms with van der Waals surface area (Å²) in [5.74, 6) is 0. The van der Waals surface area contributed by atoms with Crippen molar-refractivity contribution in [2.75, 3.05) is 6.54 Å². The molecule has 0 radical (unpaired) electrons. The molecule has 0 saturated heterocycles. The molecule has 0 unspecified atom stereocenters. The molecule has 88 valence electrons. The van der Waals surface area contributed by atoms with E-state index >= 15 is 0 Å². The number of aromatic nitrogens is 2. The quantitative estimate of drug-likeness (QED) is 0.867. The third-order valence-electron chi connectivity index (χ3n) is 3.68. The lowest BCUT2D eigenvalue weighted by molar-refractivity contribution is 0.676. The molecule has 1 aromatic heterocycles. The van der Waals surface area contributed by atoms with Crippen LogP contribution in [0.2, 0.25) is 0 Å². The number of nitrogens with zero attached hydrogens (tertiary/aromatic N) is 2. The van der Waals surface area contributed by atoms with Gasteiger partial charge in [0.1, 0.15) is 0 Å². The monoisotopic (exact) mass is 227 g/mol. The van der Waals surface area contributed by atoms with E-state index in [1.807, 2.05) is 16.9 Å². The highest BCUT2D eigenvalue weighted by atomic mass is 15.3. The fourth-order valence-electron chi connectivity index (χ4n) is 2.26. The van der Waals surface area contributed by atoms with Crippen molar-refractivity contribution in [3.8, 4) is 0 Å². The molecule has 3 nitrogen and oxygen atoms in total. The summed E-state index contributed by atoms with van der Waals surface area (Å²) in [5.41, 5.74) is 8.65. The maximum absolute atomic E-state index is 5.83. The van der Waals surface area contributed by atoms with Crippen molar-refractivity contribution in [1.29, 1.82) is 0 Å². The van der Waals surface area contributed by atoms with Gasteiger partial charge in [-0.15, -0.1) is 0 Å². The van der Waals surface area contributed by atoms with Gasteiger partial charge in [0.05, 0.1) is 12.7 Å². The second-order valence-electron chi connectivity index (χ2n) is 4.90. The van der Waals surface area contributed by atoms with Crippen LogP contribution in [-0.2, 0) is 12.0 Å². The fraction of sp³-hybridized carbons (Fsp3) is 0.357. The van der Waals surface area contributed by atoms with Crippen LogP contribution in [-0.4, -0.2) is 16.3 Å². The van der Waals surface area contributed by atoms with E-state index in [1.165, 1.54) is 24.0 Å². The molecule has 1 aliphatic rings. The van der Waals surface area contributed by atoms with Gasteiger partial charge in [0.2, 0.25) is 0 Å². The van der Waals surface area contributed by atoms with E-state index in [2.05, 4.69) is 35.6 Å². The lowest BCUT2D eigenvalue weighted by Crippen LogP contribution is -2.19. The molecular weight excluding hydrogens is 210 g/mol. The van der Waals surface area contributed by atoms with Crippen molar-refractivity contribution in [3.63, 3.8) is 0 Å². The second kappa shape index (κ2) is 4.00. The van der Waals surface area contributed by atoms with E-state index in [9.17, 15) is 0 Å². The van der Waals surface area contributed by atoms with Crippen molar-refractivity contribution in [1.82, 2.24) is 9.78 Å². The Morgan fingerprint density at radius 2 is 2.00 bits per heavy atom. The number of nitrogens with two attached hydrogens (primary N) is 1. The van der Waals surface area contributed by atoms with Crippen LogP contribution in [0.4, 0.5) is 0 Å². The van der Waals surface area contributed by atoms with Crippen LogP contribution in [0.5, 0.6) is 0 Å².